The Labute approximate surface area is 121 Å². The third-order valence-electron chi connectivity index (χ3n) is 2.65. The van der Waals surface area contributed by atoms with E-state index >= 15 is 0 Å². The first-order valence-corrected chi connectivity index (χ1v) is 6.60. The molecule has 0 unspecified atom stereocenters. The van der Waals surface area contributed by atoms with Crippen LogP contribution < -0.4 is 5.69 Å². The van der Waals surface area contributed by atoms with Crippen LogP contribution in [-0.2, 0) is 6.54 Å². The van der Waals surface area contributed by atoms with Crippen molar-refractivity contribution in [3.05, 3.63) is 44.4 Å². The first-order chi connectivity index (χ1) is 9.93. The Morgan fingerprint density at radius 1 is 1.57 bits per heavy atom. The molecular formula is C11H10N4O5S. The van der Waals surface area contributed by atoms with Gasteiger partial charge in [0, 0.05) is 23.6 Å². The zero-order valence-corrected chi connectivity index (χ0v) is 11.6. The fourth-order valence-corrected chi connectivity index (χ4v) is 2.65. The van der Waals surface area contributed by atoms with E-state index in [2.05, 4.69) is 10.2 Å². The van der Waals surface area contributed by atoms with Crippen molar-refractivity contribution in [1.29, 1.82) is 0 Å². The largest absolute Gasteiger partial charge is 0.478 e. The number of carboxylic acid groups (broad SMARTS) is 1. The van der Waals surface area contributed by atoms with E-state index in [-0.39, 0.29) is 16.1 Å². The molecule has 1 aromatic heterocycles. The van der Waals surface area contributed by atoms with Crippen molar-refractivity contribution in [1.82, 2.24) is 14.8 Å². The van der Waals surface area contributed by atoms with Crippen LogP contribution in [0.25, 0.3) is 0 Å². The average molecular weight is 310 g/mol. The molecule has 1 aromatic carbocycles. The number of nitrogens with one attached hydrogen (secondary N) is 1. The second kappa shape index (κ2) is 5.79. The molecule has 110 valence electrons. The molecule has 2 N–H and O–H groups in total. The number of nitro groups is 1. The van der Waals surface area contributed by atoms with Crippen molar-refractivity contribution in [3.8, 4) is 0 Å². The van der Waals surface area contributed by atoms with Gasteiger partial charge in [0.05, 0.1) is 10.5 Å². The predicted molar refractivity (Wildman–Crippen MR) is 72.7 cm³/mol. The second-order valence-electron chi connectivity index (χ2n) is 3.90. The highest BCUT2D eigenvalue weighted by atomic mass is 32.2. The van der Waals surface area contributed by atoms with Gasteiger partial charge >= 0.3 is 11.7 Å². The minimum Gasteiger partial charge on any atom is -0.478 e. The SMILES string of the molecule is CCn1c(Sc2ccc([N+](=O)[O-])cc2C(=O)O)n[nH]c1=O. The molecule has 0 radical (unpaired) electrons. The molecular weight excluding hydrogens is 300 g/mol. The van der Waals surface area contributed by atoms with Crippen LogP contribution in [0.1, 0.15) is 17.3 Å². The number of carbonyl (C=O) groups is 1. The van der Waals surface area contributed by atoms with Crippen molar-refractivity contribution in [2.24, 2.45) is 0 Å². The number of hydrogen-bond acceptors (Lipinski definition) is 6. The Kier molecular flexibility index (Phi) is 4.08. The zero-order valence-electron chi connectivity index (χ0n) is 10.8. The standard InChI is InChI=1S/C11H10N4O5S/c1-2-14-10(18)12-13-11(14)21-8-4-3-6(15(19)20)5-7(8)9(16)17/h3-5H,2H2,1H3,(H,12,18)(H,16,17). The summed E-state index contributed by atoms with van der Waals surface area (Å²) in [6, 6.07) is 3.51. The fourth-order valence-electron chi connectivity index (χ4n) is 1.65. The summed E-state index contributed by atoms with van der Waals surface area (Å²) in [4.78, 5) is 33.0. The number of benzene rings is 1. The van der Waals surface area contributed by atoms with Gasteiger partial charge in [-0.15, -0.1) is 5.10 Å². The van der Waals surface area contributed by atoms with E-state index in [4.69, 9.17) is 5.11 Å². The molecule has 0 fully saturated rings. The third kappa shape index (κ3) is 2.94. The normalized spacial score (nSPS) is 10.5. The van der Waals surface area contributed by atoms with Crippen LogP contribution in [0.2, 0.25) is 0 Å². The number of hydrogen-bond donors (Lipinski definition) is 2. The molecule has 10 heteroatoms. The molecule has 0 saturated heterocycles. The molecule has 0 amide bonds. The summed E-state index contributed by atoms with van der Waals surface area (Å²) in [6.07, 6.45) is 0. The molecule has 0 aliphatic heterocycles. The molecule has 0 atom stereocenters. The van der Waals surface area contributed by atoms with Crippen molar-refractivity contribution >= 4 is 23.4 Å². The molecule has 0 aliphatic rings. The monoisotopic (exact) mass is 310 g/mol. The lowest BCUT2D eigenvalue weighted by atomic mass is 10.2. The number of nitro benzene ring substituents is 1. The summed E-state index contributed by atoms with van der Waals surface area (Å²) in [5.41, 5.74) is -0.933. The van der Waals surface area contributed by atoms with Crippen molar-refractivity contribution in [2.45, 2.75) is 23.5 Å². The van der Waals surface area contributed by atoms with E-state index in [1.807, 2.05) is 0 Å². The number of aromatic amines is 1. The topological polar surface area (TPSA) is 131 Å². The summed E-state index contributed by atoms with van der Waals surface area (Å²) < 4.78 is 1.33. The first kappa shape index (κ1) is 14.8. The minimum absolute atomic E-state index is 0.215. The molecule has 9 nitrogen and oxygen atoms in total. The summed E-state index contributed by atoms with van der Waals surface area (Å²) in [6.45, 7) is 2.11. The Hall–Kier alpha value is -2.62. The Balaban J connectivity index is 2.46. The van der Waals surface area contributed by atoms with Crippen LogP contribution in [0.15, 0.2) is 33.0 Å². The lowest BCUT2D eigenvalue weighted by molar-refractivity contribution is -0.384. The van der Waals surface area contributed by atoms with Gasteiger partial charge in [-0.05, 0) is 24.8 Å². The van der Waals surface area contributed by atoms with Crippen molar-refractivity contribution < 1.29 is 14.8 Å². The number of rotatable bonds is 5. The smallest absolute Gasteiger partial charge is 0.343 e. The van der Waals surface area contributed by atoms with Gasteiger partial charge in [0.15, 0.2) is 5.16 Å². The zero-order chi connectivity index (χ0) is 15.6. The Bertz CT molecular complexity index is 766. The van der Waals surface area contributed by atoms with Gasteiger partial charge in [-0.25, -0.2) is 14.7 Å². The van der Waals surface area contributed by atoms with E-state index in [0.717, 1.165) is 17.8 Å². The third-order valence-corrected chi connectivity index (χ3v) is 3.72. The van der Waals surface area contributed by atoms with Crippen molar-refractivity contribution in [3.63, 3.8) is 0 Å². The van der Waals surface area contributed by atoms with E-state index < -0.39 is 16.6 Å². The molecule has 0 saturated carbocycles. The second-order valence-corrected chi connectivity index (χ2v) is 4.91. The predicted octanol–water partition coefficient (Wildman–Crippen LogP) is 1.35. The van der Waals surface area contributed by atoms with E-state index in [1.165, 1.54) is 16.7 Å². The van der Waals surface area contributed by atoms with E-state index in [9.17, 15) is 19.7 Å². The highest BCUT2D eigenvalue weighted by molar-refractivity contribution is 7.99. The number of nitrogens with zero attached hydrogens (tertiary/aromatic N) is 3. The van der Waals surface area contributed by atoms with Gasteiger partial charge in [-0.1, -0.05) is 0 Å². The number of aromatic carboxylic acids is 1. The van der Waals surface area contributed by atoms with Gasteiger partial charge in [-0.2, -0.15) is 0 Å². The summed E-state index contributed by atoms with van der Waals surface area (Å²) in [5, 5.41) is 26.2. The molecule has 21 heavy (non-hydrogen) atoms. The Morgan fingerprint density at radius 3 is 2.86 bits per heavy atom. The molecule has 0 aliphatic carbocycles. The summed E-state index contributed by atoms with van der Waals surface area (Å²) in [5.74, 6) is -1.29. The molecule has 2 aromatic rings. The molecule has 0 spiro atoms. The highest BCUT2D eigenvalue weighted by Crippen LogP contribution is 2.31. The van der Waals surface area contributed by atoms with Gasteiger partial charge in [0.2, 0.25) is 0 Å². The average Bonchev–Trinajstić information content (AvgIpc) is 2.78. The highest BCUT2D eigenvalue weighted by Gasteiger charge is 2.19. The summed E-state index contributed by atoms with van der Waals surface area (Å²) in [7, 11) is 0. The van der Waals surface area contributed by atoms with Gasteiger partial charge in [0.25, 0.3) is 5.69 Å². The lowest BCUT2D eigenvalue weighted by Crippen LogP contribution is -2.16. The van der Waals surface area contributed by atoms with E-state index in [1.54, 1.807) is 6.92 Å². The number of aromatic nitrogens is 3. The quantitative estimate of drug-likeness (QED) is 0.629. The van der Waals surface area contributed by atoms with Gasteiger partial charge < -0.3 is 5.11 Å². The molecule has 1 heterocycles. The van der Waals surface area contributed by atoms with Gasteiger partial charge in [0.1, 0.15) is 0 Å². The fraction of sp³-hybridized carbons (Fsp3) is 0.182. The van der Waals surface area contributed by atoms with E-state index in [0.29, 0.717) is 11.7 Å². The number of H-pyrrole nitrogens is 1. The Morgan fingerprint density at radius 2 is 2.29 bits per heavy atom. The summed E-state index contributed by atoms with van der Waals surface area (Å²) >= 11 is 0.952. The van der Waals surface area contributed by atoms with Crippen molar-refractivity contribution in [2.75, 3.05) is 0 Å². The minimum atomic E-state index is -1.29. The number of carboxylic acids is 1. The van der Waals surface area contributed by atoms with Crippen LogP contribution in [0.4, 0.5) is 5.69 Å². The van der Waals surface area contributed by atoms with Crippen LogP contribution in [0.3, 0.4) is 0 Å². The van der Waals surface area contributed by atoms with Crippen LogP contribution >= 0.6 is 11.8 Å². The maximum atomic E-state index is 11.4. The number of non-ortho nitro benzene ring substituents is 1. The van der Waals surface area contributed by atoms with Crippen LogP contribution in [-0.4, -0.2) is 30.8 Å². The first-order valence-electron chi connectivity index (χ1n) is 5.78. The maximum absolute atomic E-state index is 11.4. The van der Waals surface area contributed by atoms with Crippen LogP contribution in [0, 0.1) is 10.1 Å². The maximum Gasteiger partial charge on any atom is 0.343 e. The lowest BCUT2D eigenvalue weighted by Gasteiger charge is -2.05. The molecule has 2 rings (SSSR count). The van der Waals surface area contributed by atoms with Crippen LogP contribution in [0.5, 0.6) is 0 Å². The van der Waals surface area contributed by atoms with Gasteiger partial charge in [-0.3, -0.25) is 14.7 Å². The molecule has 0 bridgehead atoms.